The van der Waals surface area contributed by atoms with Gasteiger partial charge < -0.3 is 4.43 Å². The highest BCUT2D eigenvalue weighted by atomic mass is 28.2. The standard InChI is InChI=1S/C25H28OSi/c1-19-10-4-7-13-22(19)16-17-26-27-18-25(23-14-8-5-11-20(23)2)24-15-9-6-12-21(24)3/h4-15,18H,16-17,27H2,1-3H3. The summed E-state index contributed by atoms with van der Waals surface area (Å²) in [6, 6.07) is 25.8. The van der Waals surface area contributed by atoms with E-state index in [0.717, 1.165) is 13.0 Å². The quantitative estimate of drug-likeness (QED) is 0.401. The topological polar surface area (TPSA) is 9.23 Å². The van der Waals surface area contributed by atoms with E-state index in [4.69, 9.17) is 4.43 Å². The first kappa shape index (κ1) is 19.3. The first-order valence-electron chi connectivity index (χ1n) is 9.61. The van der Waals surface area contributed by atoms with Crippen LogP contribution in [-0.2, 0) is 10.8 Å². The van der Waals surface area contributed by atoms with Gasteiger partial charge in [0.25, 0.3) is 0 Å². The van der Waals surface area contributed by atoms with Gasteiger partial charge >= 0.3 is 0 Å². The fourth-order valence-corrected chi connectivity index (χ4v) is 4.45. The number of hydrogen-bond acceptors (Lipinski definition) is 1. The zero-order chi connectivity index (χ0) is 19.1. The molecular weight excluding hydrogens is 344 g/mol. The van der Waals surface area contributed by atoms with Crippen molar-refractivity contribution in [3.05, 3.63) is 112 Å². The Bertz CT molecular complexity index is 879. The van der Waals surface area contributed by atoms with E-state index in [9.17, 15) is 0 Å². The van der Waals surface area contributed by atoms with Gasteiger partial charge in [0.15, 0.2) is 9.76 Å². The van der Waals surface area contributed by atoms with E-state index < -0.39 is 9.76 Å². The molecule has 0 aliphatic heterocycles. The van der Waals surface area contributed by atoms with E-state index in [1.807, 2.05) is 0 Å². The molecule has 0 fully saturated rings. The minimum absolute atomic E-state index is 0.746. The molecule has 0 spiro atoms. The Labute approximate surface area is 165 Å². The van der Waals surface area contributed by atoms with E-state index in [1.165, 1.54) is 39.0 Å². The average molecular weight is 373 g/mol. The van der Waals surface area contributed by atoms with Crippen LogP contribution in [0.5, 0.6) is 0 Å². The van der Waals surface area contributed by atoms with Gasteiger partial charge in [-0.05, 0) is 66.1 Å². The molecule has 1 nitrogen and oxygen atoms in total. The minimum Gasteiger partial charge on any atom is -0.419 e. The van der Waals surface area contributed by atoms with Gasteiger partial charge in [0.05, 0.1) is 0 Å². The zero-order valence-electron chi connectivity index (χ0n) is 16.5. The molecule has 0 radical (unpaired) electrons. The van der Waals surface area contributed by atoms with Crippen LogP contribution in [0.25, 0.3) is 5.57 Å². The van der Waals surface area contributed by atoms with Crippen LogP contribution in [0.3, 0.4) is 0 Å². The molecule has 0 bridgehead atoms. The van der Waals surface area contributed by atoms with E-state index >= 15 is 0 Å². The van der Waals surface area contributed by atoms with Crippen LogP contribution in [0, 0.1) is 20.8 Å². The maximum atomic E-state index is 6.11. The first-order valence-corrected chi connectivity index (χ1v) is 11.0. The molecule has 0 aliphatic carbocycles. The molecule has 3 aromatic carbocycles. The third-order valence-corrected chi connectivity index (χ3v) is 6.15. The van der Waals surface area contributed by atoms with Crippen molar-refractivity contribution in [1.82, 2.24) is 0 Å². The molecular formula is C25H28OSi. The lowest BCUT2D eigenvalue weighted by Crippen LogP contribution is -2.04. The summed E-state index contributed by atoms with van der Waals surface area (Å²) in [5.41, 5.74) is 11.6. The van der Waals surface area contributed by atoms with E-state index in [0.29, 0.717) is 0 Å². The summed E-state index contributed by atoms with van der Waals surface area (Å²) < 4.78 is 6.11. The molecule has 0 saturated heterocycles. The van der Waals surface area contributed by atoms with Crippen LogP contribution in [0.4, 0.5) is 0 Å². The first-order chi connectivity index (χ1) is 13.2. The van der Waals surface area contributed by atoms with Crippen molar-refractivity contribution < 1.29 is 4.43 Å². The predicted octanol–water partition coefficient (Wildman–Crippen LogP) is 5.34. The Morgan fingerprint density at radius 3 is 1.81 bits per heavy atom. The molecule has 0 aromatic heterocycles. The van der Waals surface area contributed by atoms with Gasteiger partial charge in [0, 0.05) is 6.61 Å². The van der Waals surface area contributed by atoms with Gasteiger partial charge in [-0.2, -0.15) is 0 Å². The third kappa shape index (κ3) is 5.06. The maximum Gasteiger partial charge on any atom is 0.185 e. The summed E-state index contributed by atoms with van der Waals surface area (Å²) in [6.07, 6.45) is 0.984. The van der Waals surface area contributed by atoms with E-state index in [2.05, 4.69) is 99.3 Å². The molecule has 0 heterocycles. The molecule has 27 heavy (non-hydrogen) atoms. The summed E-state index contributed by atoms with van der Waals surface area (Å²) in [7, 11) is -0.746. The van der Waals surface area contributed by atoms with Crippen molar-refractivity contribution in [3.63, 3.8) is 0 Å². The summed E-state index contributed by atoms with van der Waals surface area (Å²) in [4.78, 5) is 0. The summed E-state index contributed by atoms with van der Waals surface area (Å²) in [5.74, 6) is 0. The Kier molecular flexibility index (Phi) is 6.80. The fraction of sp³-hybridized carbons (Fsp3) is 0.200. The molecule has 0 amide bonds. The molecule has 0 atom stereocenters. The highest BCUT2D eigenvalue weighted by Gasteiger charge is 2.09. The van der Waals surface area contributed by atoms with Crippen LogP contribution >= 0.6 is 0 Å². The number of rotatable bonds is 7. The Morgan fingerprint density at radius 2 is 1.26 bits per heavy atom. The van der Waals surface area contributed by atoms with Gasteiger partial charge in [-0.1, -0.05) is 78.5 Å². The van der Waals surface area contributed by atoms with Crippen LogP contribution in [0.2, 0.25) is 0 Å². The van der Waals surface area contributed by atoms with E-state index in [1.54, 1.807) is 0 Å². The van der Waals surface area contributed by atoms with Gasteiger partial charge in [-0.25, -0.2) is 0 Å². The number of aryl methyl sites for hydroxylation is 3. The molecule has 0 unspecified atom stereocenters. The smallest absolute Gasteiger partial charge is 0.185 e. The van der Waals surface area contributed by atoms with Crippen molar-refractivity contribution in [2.45, 2.75) is 27.2 Å². The molecule has 3 aromatic rings. The molecule has 2 heteroatoms. The highest BCUT2D eigenvalue weighted by molar-refractivity contribution is 6.37. The predicted molar refractivity (Wildman–Crippen MR) is 119 cm³/mol. The van der Waals surface area contributed by atoms with Crippen molar-refractivity contribution >= 4 is 15.3 Å². The zero-order valence-corrected chi connectivity index (χ0v) is 17.9. The van der Waals surface area contributed by atoms with Crippen LogP contribution in [0.15, 0.2) is 78.5 Å². The average Bonchev–Trinajstić information content (AvgIpc) is 2.68. The second-order valence-corrected chi connectivity index (χ2v) is 8.15. The summed E-state index contributed by atoms with van der Waals surface area (Å²) >= 11 is 0. The lowest BCUT2D eigenvalue weighted by molar-refractivity contribution is 0.346. The van der Waals surface area contributed by atoms with Crippen LogP contribution in [-0.4, -0.2) is 16.4 Å². The van der Waals surface area contributed by atoms with Crippen LogP contribution < -0.4 is 0 Å². The van der Waals surface area contributed by atoms with Crippen molar-refractivity contribution in [1.29, 1.82) is 0 Å². The number of benzene rings is 3. The minimum atomic E-state index is -0.746. The monoisotopic (exact) mass is 372 g/mol. The van der Waals surface area contributed by atoms with Gasteiger partial charge in [0.2, 0.25) is 0 Å². The molecule has 0 N–H and O–H groups in total. The molecule has 0 aliphatic rings. The van der Waals surface area contributed by atoms with Crippen molar-refractivity contribution in [2.24, 2.45) is 0 Å². The second-order valence-electron chi connectivity index (χ2n) is 7.00. The fourth-order valence-electron chi connectivity index (χ4n) is 3.41. The van der Waals surface area contributed by atoms with Crippen molar-refractivity contribution in [2.75, 3.05) is 6.61 Å². The van der Waals surface area contributed by atoms with Crippen molar-refractivity contribution in [3.8, 4) is 0 Å². The Hall–Kier alpha value is -2.42. The molecule has 138 valence electrons. The Balaban J connectivity index is 1.74. The lowest BCUT2D eigenvalue weighted by Gasteiger charge is -2.14. The van der Waals surface area contributed by atoms with Crippen LogP contribution in [0.1, 0.15) is 33.4 Å². The Morgan fingerprint density at radius 1 is 0.741 bits per heavy atom. The highest BCUT2D eigenvalue weighted by Crippen LogP contribution is 2.28. The van der Waals surface area contributed by atoms with Gasteiger partial charge in [0.1, 0.15) is 0 Å². The summed E-state index contributed by atoms with van der Waals surface area (Å²) in [6.45, 7) is 7.33. The third-order valence-electron chi connectivity index (χ3n) is 5.05. The summed E-state index contributed by atoms with van der Waals surface area (Å²) in [5, 5.41) is 0. The lowest BCUT2D eigenvalue weighted by atomic mass is 9.93. The second kappa shape index (κ2) is 9.49. The molecule has 3 rings (SSSR count). The molecule has 0 saturated carbocycles. The SMILES string of the molecule is Cc1ccccc1CCO[SiH2]C=C(c1ccccc1C)c1ccccc1C. The maximum absolute atomic E-state index is 6.11. The van der Waals surface area contributed by atoms with Gasteiger partial charge in [-0.3, -0.25) is 0 Å². The van der Waals surface area contributed by atoms with Gasteiger partial charge in [-0.15, -0.1) is 0 Å². The number of hydrogen-bond donors (Lipinski definition) is 0. The normalized spacial score (nSPS) is 11.1. The largest absolute Gasteiger partial charge is 0.419 e. The van der Waals surface area contributed by atoms with E-state index in [-0.39, 0.29) is 0 Å².